The zero-order valence-electron chi connectivity index (χ0n) is 9.06. The van der Waals surface area contributed by atoms with Crippen LogP contribution < -0.4 is 8.91 Å². The molecule has 17 heavy (non-hydrogen) atoms. The van der Waals surface area contributed by atoms with E-state index in [0.717, 1.165) is 18.6 Å². The molecule has 1 aliphatic carbocycles. The minimum Gasteiger partial charge on any atom is -0.404 e. The monoisotopic (exact) mass is 269 g/mol. The second-order valence-corrected chi connectivity index (χ2v) is 4.75. The predicted octanol–water partition coefficient (Wildman–Crippen LogP) is 3.22. The zero-order chi connectivity index (χ0) is 12.3. The van der Waals surface area contributed by atoms with Crippen molar-refractivity contribution in [3.05, 3.63) is 41.9 Å². The van der Waals surface area contributed by atoms with Gasteiger partial charge in [-0.05, 0) is 24.5 Å². The predicted molar refractivity (Wildman–Crippen MR) is 69.6 cm³/mol. The fraction of sp³-hybridized carbons (Fsp3) is 0.250. The Bertz CT molecular complexity index is 438. The van der Waals surface area contributed by atoms with Crippen LogP contribution in [0.2, 0.25) is 5.02 Å². The standard InChI is InChI=1S/C12H12ClNO2S/c1-2-8-7-9(8)12(15)14-17-16-11-6-4-3-5-10(11)13/h2-6,8-9H,1,7H2,(H,14,15)/t8-,9+/m1/s1. The number of carbonyl (C=O) groups excluding carboxylic acids is 1. The molecule has 0 saturated heterocycles. The van der Waals surface area contributed by atoms with Gasteiger partial charge >= 0.3 is 0 Å². The molecule has 1 aliphatic rings. The minimum atomic E-state index is -0.0213. The lowest BCUT2D eigenvalue weighted by molar-refractivity contribution is -0.120. The van der Waals surface area contributed by atoms with Crippen molar-refractivity contribution < 1.29 is 8.98 Å². The van der Waals surface area contributed by atoms with Crippen molar-refractivity contribution >= 4 is 29.7 Å². The molecule has 0 heterocycles. The van der Waals surface area contributed by atoms with E-state index in [-0.39, 0.29) is 11.8 Å². The summed E-state index contributed by atoms with van der Waals surface area (Å²) in [4.78, 5) is 11.6. The third-order valence-electron chi connectivity index (χ3n) is 2.59. The molecule has 3 nitrogen and oxygen atoms in total. The summed E-state index contributed by atoms with van der Waals surface area (Å²) in [6.07, 6.45) is 2.69. The van der Waals surface area contributed by atoms with Crippen molar-refractivity contribution in [1.82, 2.24) is 4.72 Å². The number of allylic oxidation sites excluding steroid dienone is 1. The van der Waals surface area contributed by atoms with E-state index in [0.29, 0.717) is 16.7 Å². The molecule has 0 bridgehead atoms. The summed E-state index contributed by atoms with van der Waals surface area (Å²) < 4.78 is 7.91. The first-order valence-corrected chi connectivity index (χ1v) is 6.35. The molecule has 1 aromatic carbocycles. The van der Waals surface area contributed by atoms with Gasteiger partial charge in [-0.1, -0.05) is 29.8 Å². The Morgan fingerprint density at radius 1 is 1.59 bits per heavy atom. The Kier molecular flexibility index (Phi) is 3.97. The van der Waals surface area contributed by atoms with E-state index in [4.69, 9.17) is 15.8 Å². The van der Waals surface area contributed by atoms with Crippen LogP contribution in [0.3, 0.4) is 0 Å². The van der Waals surface area contributed by atoms with Crippen molar-refractivity contribution in [3.63, 3.8) is 0 Å². The second-order valence-electron chi connectivity index (χ2n) is 3.81. The summed E-state index contributed by atoms with van der Waals surface area (Å²) in [7, 11) is 0. The SMILES string of the molecule is C=C[C@@H]1C[C@@H]1C(=O)NSOc1ccccc1Cl. The van der Waals surface area contributed by atoms with Gasteiger partial charge in [-0.25, -0.2) is 0 Å². The van der Waals surface area contributed by atoms with Crippen LogP contribution in [0.4, 0.5) is 0 Å². The molecule has 0 radical (unpaired) electrons. The molecule has 1 amide bonds. The number of halogens is 1. The third-order valence-corrected chi connectivity index (χ3v) is 3.45. The maximum absolute atomic E-state index is 11.6. The number of hydrogen-bond acceptors (Lipinski definition) is 3. The van der Waals surface area contributed by atoms with Crippen LogP contribution in [0, 0.1) is 11.8 Å². The van der Waals surface area contributed by atoms with E-state index in [2.05, 4.69) is 11.3 Å². The molecule has 2 atom stereocenters. The highest BCUT2D eigenvalue weighted by Gasteiger charge is 2.40. The molecule has 1 aromatic rings. The molecule has 1 N–H and O–H groups in total. The lowest BCUT2D eigenvalue weighted by Crippen LogP contribution is -2.19. The first kappa shape index (κ1) is 12.3. The van der Waals surface area contributed by atoms with Gasteiger partial charge in [0, 0.05) is 5.92 Å². The summed E-state index contributed by atoms with van der Waals surface area (Å²) in [6.45, 7) is 3.66. The summed E-state index contributed by atoms with van der Waals surface area (Å²) in [5, 5.41) is 0.518. The Labute approximate surface area is 110 Å². The number of carbonyl (C=O) groups is 1. The van der Waals surface area contributed by atoms with Gasteiger partial charge in [0.1, 0.15) is 0 Å². The minimum absolute atomic E-state index is 0.0213. The van der Waals surface area contributed by atoms with Gasteiger partial charge in [-0.3, -0.25) is 9.52 Å². The molecule has 2 rings (SSSR count). The summed E-state index contributed by atoms with van der Waals surface area (Å²) >= 11 is 6.79. The smallest absolute Gasteiger partial charge is 0.236 e. The topological polar surface area (TPSA) is 38.3 Å². The highest BCUT2D eigenvalue weighted by Crippen LogP contribution is 2.39. The number of hydrogen-bond donors (Lipinski definition) is 1. The van der Waals surface area contributed by atoms with Crippen LogP contribution in [0.25, 0.3) is 0 Å². The normalized spacial score (nSPS) is 21.7. The number of para-hydroxylation sites is 1. The average molecular weight is 270 g/mol. The molecule has 1 saturated carbocycles. The second kappa shape index (κ2) is 5.47. The van der Waals surface area contributed by atoms with Crippen LogP contribution in [0.1, 0.15) is 6.42 Å². The lowest BCUT2D eigenvalue weighted by atomic mass is 10.3. The van der Waals surface area contributed by atoms with Crippen LogP contribution in [-0.4, -0.2) is 5.91 Å². The molecule has 90 valence electrons. The van der Waals surface area contributed by atoms with E-state index in [1.165, 1.54) is 0 Å². The van der Waals surface area contributed by atoms with Crippen molar-refractivity contribution in [2.45, 2.75) is 6.42 Å². The maximum Gasteiger partial charge on any atom is 0.236 e. The number of amides is 1. The molecule has 1 fully saturated rings. The number of nitrogens with one attached hydrogen (secondary N) is 1. The first-order valence-electron chi connectivity index (χ1n) is 5.23. The van der Waals surface area contributed by atoms with Crippen LogP contribution in [0.5, 0.6) is 5.75 Å². The number of benzene rings is 1. The summed E-state index contributed by atoms with van der Waals surface area (Å²) in [5.41, 5.74) is 0. The fourth-order valence-corrected chi connectivity index (χ4v) is 2.20. The van der Waals surface area contributed by atoms with Gasteiger partial charge in [0.25, 0.3) is 0 Å². The molecule has 0 unspecified atom stereocenters. The Morgan fingerprint density at radius 2 is 2.35 bits per heavy atom. The van der Waals surface area contributed by atoms with Crippen molar-refractivity contribution in [1.29, 1.82) is 0 Å². The van der Waals surface area contributed by atoms with E-state index < -0.39 is 0 Å². The molecular weight excluding hydrogens is 258 g/mol. The molecule has 0 spiro atoms. The van der Waals surface area contributed by atoms with E-state index >= 15 is 0 Å². The van der Waals surface area contributed by atoms with Crippen LogP contribution >= 0.6 is 23.8 Å². The van der Waals surface area contributed by atoms with Gasteiger partial charge in [0.2, 0.25) is 5.91 Å². The van der Waals surface area contributed by atoms with Gasteiger partial charge in [-0.15, -0.1) is 6.58 Å². The largest absolute Gasteiger partial charge is 0.404 e. The molecule has 5 heteroatoms. The summed E-state index contributed by atoms with van der Waals surface area (Å²) in [5.74, 6) is 0.883. The Morgan fingerprint density at radius 3 is 3.00 bits per heavy atom. The van der Waals surface area contributed by atoms with Gasteiger partial charge in [0.05, 0.1) is 5.02 Å². The van der Waals surface area contributed by atoms with E-state index in [1.807, 2.05) is 18.2 Å². The molecule has 0 aliphatic heterocycles. The van der Waals surface area contributed by atoms with Crippen molar-refractivity contribution in [2.24, 2.45) is 11.8 Å². The van der Waals surface area contributed by atoms with E-state index in [9.17, 15) is 4.79 Å². The van der Waals surface area contributed by atoms with Crippen molar-refractivity contribution in [3.8, 4) is 5.75 Å². The third kappa shape index (κ3) is 3.17. The zero-order valence-corrected chi connectivity index (χ0v) is 10.6. The van der Waals surface area contributed by atoms with Crippen LogP contribution in [-0.2, 0) is 4.79 Å². The Balaban J connectivity index is 1.75. The summed E-state index contributed by atoms with van der Waals surface area (Å²) in [6, 6.07) is 7.11. The van der Waals surface area contributed by atoms with Gasteiger partial charge < -0.3 is 4.18 Å². The number of rotatable bonds is 5. The highest BCUT2D eigenvalue weighted by atomic mass is 35.5. The average Bonchev–Trinajstić information content (AvgIpc) is 3.11. The maximum atomic E-state index is 11.6. The fourth-order valence-electron chi connectivity index (χ4n) is 1.47. The van der Waals surface area contributed by atoms with E-state index in [1.54, 1.807) is 12.1 Å². The van der Waals surface area contributed by atoms with Crippen molar-refractivity contribution in [2.75, 3.05) is 0 Å². The van der Waals surface area contributed by atoms with Gasteiger partial charge in [-0.2, -0.15) is 0 Å². The van der Waals surface area contributed by atoms with Crippen LogP contribution in [0.15, 0.2) is 36.9 Å². The molecule has 0 aromatic heterocycles. The lowest BCUT2D eigenvalue weighted by Gasteiger charge is -2.05. The first-order chi connectivity index (χ1) is 8.22. The highest BCUT2D eigenvalue weighted by molar-refractivity contribution is 7.93. The quantitative estimate of drug-likeness (QED) is 0.507. The van der Waals surface area contributed by atoms with Gasteiger partial charge in [0.15, 0.2) is 18.0 Å². The Hall–Kier alpha value is -1.13. The molecular formula is C12H12ClNO2S.